The van der Waals surface area contributed by atoms with Crippen LogP contribution in [0.15, 0.2) is 12.1 Å². The molecule has 2 unspecified atom stereocenters. The molecule has 2 rings (SSSR count). The van der Waals surface area contributed by atoms with Crippen LogP contribution in [0, 0.1) is 13.8 Å². The van der Waals surface area contributed by atoms with Crippen molar-refractivity contribution in [1.29, 1.82) is 0 Å². The number of halogens is 2. The fraction of sp³-hybridized carbons (Fsp3) is 0.571. The van der Waals surface area contributed by atoms with E-state index in [1.807, 2.05) is 26.0 Å². The highest BCUT2D eigenvalue weighted by atomic mass is 35.5. The first-order valence-electron chi connectivity index (χ1n) is 6.55. The third-order valence-corrected chi connectivity index (χ3v) is 3.43. The average molecular weight is 320 g/mol. The minimum absolute atomic E-state index is 0. The molecule has 20 heavy (non-hydrogen) atoms. The highest BCUT2D eigenvalue weighted by Gasteiger charge is 2.21. The number of pyridine rings is 1. The first-order chi connectivity index (χ1) is 8.56. The second-order valence-corrected chi connectivity index (χ2v) is 5.14. The van der Waals surface area contributed by atoms with Gasteiger partial charge in [0.1, 0.15) is 0 Å². The molecule has 1 aliphatic heterocycles. The Morgan fingerprint density at radius 1 is 1.35 bits per heavy atom. The Hall–Kier alpha value is -0.840. The zero-order valence-electron chi connectivity index (χ0n) is 12.1. The summed E-state index contributed by atoms with van der Waals surface area (Å²) in [6.07, 6.45) is 1.98. The lowest BCUT2D eigenvalue weighted by Crippen LogP contribution is -2.46. The van der Waals surface area contributed by atoms with Crippen LogP contribution in [0.1, 0.15) is 41.5 Å². The Morgan fingerprint density at radius 2 is 2.05 bits per heavy atom. The van der Waals surface area contributed by atoms with Crippen molar-refractivity contribution in [1.82, 2.24) is 15.6 Å². The lowest BCUT2D eigenvalue weighted by atomic mass is 10.00. The van der Waals surface area contributed by atoms with E-state index in [0.29, 0.717) is 11.6 Å². The number of nitrogens with one attached hydrogen (secondary N) is 2. The number of nitrogens with zero attached hydrogens (tertiary/aromatic N) is 1. The van der Waals surface area contributed by atoms with E-state index in [1.54, 1.807) is 0 Å². The molecule has 0 bridgehead atoms. The Kier molecular flexibility index (Phi) is 8.09. The lowest BCUT2D eigenvalue weighted by Gasteiger charge is -2.28. The van der Waals surface area contributed by atoms with Crippen molar-refractivity contribution >= 4 is 30.7 Å². The monoisotopic (exact) mass is 319 g/mol. The minimum Gasteiger partial charge on any atom is -0.349 e. The molecule has 2 heterocycles. The van der Waals surface area contributed by atoms with Gasteiger partial charge in [-0.3, -0.25) is 9.78 Å². The van der Waals surface area contributed by atoms with Gasteiger partial charge in [0.25, 0.3) is 5.91 Å². The van der Waals surface area contributed by atoms with E-state index in [-0.39, 0.29) is 36.8 Å². The van der Waals surface area contributed by atoms with Crippen molar-refractivity contribution in [3.05, 3.63) is 29.1 Å². The normalized spacial score (nSPS) is 21.4. The van der Waals surface area contributed by atoms with Crippen molar-refractivity contribution in [3.8, 4) is 0 Å². The molecule has 1 saturated heterocycles. The third-order valence-electron chi connectivity index (χ3n) is 3.43. The fourth-order valence-corrected chi connectivity index (χ4v) is 2.45. The summed E-state index contributed by atoms with van der Waals surface area (Å²) in [5, 5.41) is 6.49. The molecule has 2 atom stereocenters. The standard InChI is InChI=1S/C14H21N3O.2ClH/c1-9-4-5-13(11(3)16-9)14(18)17-12-6-7-15-10(2)8-12;;/h4-5,10,12,15H,6-8H2,1-3H3,(H,17,18);2*1H. The van der Waals surface area contributed by atoms with E-state index in [4.69, 9.17) is 0 Å². The molecule has 1 aliphatic rings. The Balaban J connectivity index is 0.00000180. The van der Waals surface area contributed by atoms with E-state index >= 15 is 0 Å². The largest absolute Gasteiger partial charge is 0.349 e. The predicted octanol–water partition coefficient (Wildman–Crippen LogP) is 2.41. The zero-order valence-corrected chi connectivity index (χ0v) is 13.7. The van der Waals surface area contributed by atoms with Crippen molar-refractivity contribution in [2.45, 2.75) is 45.7 Å². The number of piperidine rings is 1. The van der Waals surface area contributed by atoms with E-state index in [2.05, 4.69) is 22.5 Å². The van der Waals surface area contributed by atoms with Gasteiger partial charge < -0.3 is 10.6 Å². The van der Waals surface area contributed by atoms with Gasteiger partial charge >= 0.3 is 0 Å². The average Bonchev–Trinajstić information content (AvgIpc) is 2.28. The number of hydrogen-bond donors (Lipinski definition) is 2. The summed E-state index contributed by atoms with van der Waals surface area (Å²) in [5.41, 5.74) is 2.43. The lowest BCUT2D eigenvalue weighted by molar-refractivity contribution is 0.0924. The molecule has 1 amide bonds. The van der Waals surface area contributed by atoms with E-state index in [1.165, 1.54) is 0 Å². The highest BCUT2D eigenvalue weighted by Crippen LogP contribution is 2.11. The van der Waals surface area contributed by atoms with Crippen LogP contribution in [-0.2, 0) is 0 Å². The van der Waals surface area contributed by atoms with Crippen LogP contribution < -0.4 is 10.6 Å². The molecule has 0 saturated carbocycles. The number of rotatable bonds is 2. The van der Waals surface area contributed by atoms with Crippen LogP contribution in [0.2, 0.25) is 0 Å². The van der Waals surface area contributed by atoms with Gasteiger partial charge in [0.2, 0.25) is 0 Å². The van der Waals surface area contributed by atoms with Gasteiger partial charge in [-0.25, -0.2) is 0 Å². The van der Waals surface area contributed by atoms with Gasteiger partial charge in [0.05, 0.1) is 11.3 Å². The number of aryl methyl sites for hydroxylation is 2. The topological polar surface area (TPSA) is 54.0 Å². The van der Waals surface area contributed by atoms with Crippen molar-refractivity contribution < 1.29 is 4.79 Å². The summed E-state index contributed by atoms with van der Waals surface area (Å²) in [6.45, 7) is 6.93. The molecular weight excluding hydrogens is 297 g/mol. The van der Waals surface area contributed by atoms with E-state index in [9.17, 15) is 4.79 Å². The number of amides is 1. The van der Waals surface area contributed by atoms with Crippen molar-refractivity contribution in [2.75, 3.05) is 6.54 Å². The van der Waals surface area contributed by atoms with Crippen molar-refractivity contribution in [2.24, 2.45) is 0 Å². The third kappa shape index (κ3) is 4.93. The molecule has 114 valence electrons. The maximum atomic E-state index is 12.2. The molecule has 0 aromatic carbocycles. The van der Waals surface area contributed by atoms with Crippen LogP contribution in [0.3, 0.4) is 0 Å². The molecule has 0 radical (unpaired) electrons. The number of carbonyl (C=O) groups is 1. The molecule has 0 spiro atoms. The van der Waals surface area contributed by atoms with Crippen LogP contribution in [0.25, 0.3) is 0 Å². The SMILES string of the molecule is Cc1ccc(C(=O)NC2CCNC(C)C2)c(C)n1.Cl.Cl. The summed E-state index contributed by atoms with van der Waals surface area (Å²) in [4.78, 5) is 16.5. The molecule has 1 aromatic rings. The van der Waals surface area contributed by atoms with Crippen molar-refractivity contribution in [3.63, 3.8) is 0 Å². The Morgan fingerprint density at radius 3 is 2.65 bits per heavy atom. The van der Waals surface area contributed by atoms with Gasteiger partial charge in [-0.05, 0) is 52.3 Å². The molecule has 2 N–H and O–H groups in total. The molecule has 1 aromatic heterocycles. The number of aromatic nitrogens is 1. The summed E-state index contributed by atoms with van der Waals surface area (Å²) < 4.78 is 0. The van der Waals surface area contributed by atoms with Crippen LogP contribution >= 0.6 is 24.8 Å². The predicted molar refractivity (Wildman–Crippen MR) is 86.2 cm³/mol. The maximum absolute atomic E-state index is 12.2. The summed E-state index contributed by atoms with van der Waals surface area (Å²) >= 11 is 0. The van der Waals surface area contributed by atoms with Crippen LogP contribution in [0.5, 0.6) is 0 Å². The number of hydrogen-bond acceptors (Lipinski definition) is 3. The molecular formula is C14H23Cl2N3O. The highest BCUT2D eigenvalue weighted by molar-refractivity contribution is 5.95. The van der Waals surface area contributed by atoms with Gasteiger partial charge in [-0.1, -0.05) is 0 Å². The van der Waals surface area contributed by atoms with Gasteiger partial charge in [-0.2, -0.15) is 0 Å². The number of carbonyl (C=O) groups excluding carboxylic acids is 1. The van der Waals surface area contributed by atoms with Crippen LogP contribution in [-0.4, -0.2) is 29.5 Å². The molecule has 6 heteroatoms. The first-order valence-corrected chi connectivity index (χ1v) is 6.55. The summed E-state index contributed by atoms with van der Waals surface area (Å²) in [6, 6.07) is 4.49. The zero-order chi connectivity index (χ0) is 13.1. The van der Waals surface area contributed by atoms with Gasteiger partial charge in [0.15, 0.2) is 0 Å². The second-order valence-electron chi connectivity index (χ2n) is 5.14. The smallest absolute Gasteiger partial charge is 0.253 e. The summed E-state index contributed by atoms with van der Waals surface area (Å²) in [5.74, 6) is -0.000833. The fourth-order valence-electron chi connectivity index (χ4n) is 2.45. The van der Waals surface area contributed by atoms with E-state index in [0.717, 1.165) is 30.8 Å². The molecule has 4 nitrogen and oxygen atoms in total. The summed E-state index contributed by atoms with van der Waals surface area (Å²) in [7, 11) is 0. The van der Waals surface area contributed by atoms with Gasteiger partial charge in [0, 0.05) is 17.8 Å². The van der Waals surface area contributed by atoms with Crippen LogP contribution in [0.4, 0.5) is 0 Å². The molecule has 1 fully saturated rings. The second kappa shape index (κ2) is 8.45. The van der Waals surface area contributed by atoms with E-state index < -0.39 is 0 Å². The molecule has 0 aliphatic carbocycles. The van der Waals surface area contributed by atoms with Gasteiger partial charge in [-0.15, -0.1) is 24.8 Å². The Bertz CT molecular complexity index is 454. The quantitative estimate of drug-likeness (QED) is 0.880. The minimum atomic E-state index is -0.000833. The maximum Gasteiger partial charge on any atom is 0.253 e. The first kappa shape index (κ1) is 19.2. The Labute approximate surface area is 132 Å².